The minimum atomic E-state index is -0.378. The molecule has 6 nitrogen and oxygen atoms in total. The highest BCUT2D eigenvalue weighted by Gasteiger charge is 2.17. The monoisotopic (exact) mass is 472 g/mol. The fourth-order valence-corrected chi connectivity index (χ4v) is 4.14. The average Bonchev–Trinajstić information content (AvgIpc) is 3.37. The SMILES string of the molecule is CCOc1ccc(-c2csc(-n3nc(C)cc3NC(=O)c3cc(Cl)ccc3Cl)n2)cc1. The molecular formula is C22H18Cl2N4O2S. The van der Waals surface area contributed by atoms with Crippen molar-refractivity contribution in [3.05, 3.63) is 75.2 Å². The Morgan fingerprint density at radius 1 is 1.16 bits per heavy atom. The smallest absolute Gasteiger partial charge is 0.258 e. The number of benzene rings is 2. The Hall–Kier alpha value is -2.87. The molecule has 0 radical (unpaired) electrons. The molecule has 4 aromatic rings. The van der Waals surface area contributed by atoms with Gasteiger partial charge in [-0.2, -0.15) is 9.78 Å². The molecule has 9 heteroatoms. The van der Waals surface area contributed by atoms with Crippen molar-refractivity contribution in [1.82, 2.24) is 14.8 Å². The van der Waals surface area contributed by atoms with Gasteiger partial charge in [0.05, 0.1) is 28.6 Å². The predicted molar refractivity (Wildman–Crippen MR) is 125 cm³/mol. The van der Waals surface area contributed by atoms with Crippen molar-refractivity contribution >= 4 is 46.3 Å². The van der Waals surface area contributed by atoms with Gasteiger partial charge in [-0.1, -0.05) is 23.2 Å². The van der Waals surface area contributed by atoms with E-state index in [9.17, 15) is 4.79 Å². The maximum Gasteiger partial charge on any atom is 0.258 e. The van der Waals surface area contributed by atoms with Crippen LogP contribution in [0, 0.1) is 6.92 Å². The van der Waals surface area contributed by atoms with Gasteiger partial charge in [0.25, 0.3) is 5.91 Å². The molecule has 31 heavy (non-hydrogen) atoms. The molecule has 0 aliphatic rings. The summed E-state index contributed by atoms with van der Waals surface area (Å²) in [5.41, 5.74) is 2.80. The number of aromatic nitrogens is 3. The van der Waals surface area contributed by atoms with Gasteiger partial charge in [0.1, 0.15) is 11.6 Å². The van der Waals surface area contributed by atoms with Crippen molar-refractivity contribution in [2.24, 2.45) is 0 Å². The van der Waals surface area contributed by atoms with E-state index in [4.69, 9.17) is 32.9 Å². The average molecular weight is 473 g/mol. The number of thiazole rings is 1. The van der Waals surface area contributed by atoms with Gasteiger partial charge < -0.3 is 10.1 Å². The Labute approximate surface area is 193 Å². The number of nitrogens with one attached hydrogen (secondary N) is 1. The van der Waals surface area contributed by atoms with Crippen LogP contribution in [0.3, 0.4) is 0 Å². The first-order valence-electron chi connectivity index (χ1n) is 9.47. The van der Waals surface area contributed by atoms with Crippen LogP contribution in [0.25, 0.3) is 16.4 Å². The van der Waals surface area contributed by atoms with E-state index in [-0.39, 0.29) is 11.5 Å². The normalized spacial score (nSPS) is 10.8. The molecule has 0 spiro atoms. The molecule has 2 aromatic carbocycles. The van der Waals surface area contributed by atoms with Crippen LogP contribution in [0.1, 0.15) is 23.0 Å². The van der Waals surface area contributed by atoms with Crippen molar-refractivity contribution in [3.63, 3.8) is 0 Å². The van der Waals surface area contributed by atoms with Crippen LogP contribution in [-0.4, -0.2) is 27.3 Å². The third-order valence-electron chi connectivity index (χ3n) is 4.38. The second-order valence-electron chi connectivity index (χ2n) is 6.63. The predicted octanol–water partition coefficient (Wildman–Crippen LogP) is 6.26. The number of hydrogen-bond donors (Lipinski definition) is 1. The van der Waals surface area contributed by atoms with Gasteiger partial charge in [0.2, 0.25) is 5.13 Å². The molecular weight excluding hydrogens is 455 g/mol. The molecule has 0 saturated heterocycles. The van der Waals surface area contributed by atoms with Crippen molar-refractivity contribution in [2.75, 3.05) is 11.9 Å². The molecule has 1 amide bonds. The van der Waals surface area contributed by atoms with Gasteiger partial charge in [-0.15, -0.1) is 11.3 Å². The van der Waals surface area contributed by atoms with E-state index in [1.54, 1.807) is 22.9 Å². The lowest BCUT2D eigenvalue weighted by molar-refractivity contribution is 0.102. The Kier molecular flexibility index (Phi) is 6.27. The zero-order chi connectivity index (χ0) is 22.0. The van der Waals surface area contributed by atoms with Crippen LogP contribution < -0.4 is 10.1 Å². The lowest BCUT2D eigenvalue weighted by Gasteiger charge is -2.08. The topological polar surface area (TPSA) is 69.0 Å². The van der Waals surface area contributed by atoms with Crippen LogP contribution in [0.4, 0.5) is 5.82 Å². The number of carbonyl (C=O) groups excluding carboxylic acids is 1. The van der Waals surface area contributed by atoms with Crippen LogP contribution >= 0.6 is 34.5 Å². The molecule has 2 aromatic heterocycles. The van der Waals surface area contributed by atoms with Crippen molar-refractivity contribution in [2.45, 2.75) is 13.8 Å². The number of aryl methyl sites for hydroxylation is 1. The number of ether oxygens (including phenoxy) is 1. The lowest BCUT2D eigenvalue weighted by Crippen LogP contribution is -2.15. The Morgan fingerprint density at radius 3 is 2.68 bits per heavy atom. The van der Waals surface area contributed by atoms with Crippen LogP contribution in [0.15, 0.2) is 53.9 Å². The van der Waals surface area contributed by atoms with Crippen LogP contribution in [-0.2, 0) is 0 Å². The van der Waals surface area contributed by atoms with Gasteiger partial charge in [0, 0.05) is 22.0 Å². The Bertz CT molecular complexity index is 1230. The van der Waals surface area contributed by atoms with Crippen LogP contribution in [0.2, 0.25) is 10.0 Å². The van der Waals surface area contributed by atoms with Crippen LogP contribution in [0.5, 0.6) is 5.75 Å². The molecule has 0 fully saturated rings. The number of rotatable bonds is 6. The molecule has 0 atom stereocenters. The van der Waals surface area contributed by atoms with E-state index < -0.39 is 0 Å². The summed E-state index contributed by atoms with van der Waals surface area (Å²) >= 11 is 13.6. The summed E-state index contributed by atoms with van der Waals surface area (Å²) in [5.74, 6) is 0.928. The van der Waals surface area contributed by atoms with E-state index in [0.29, 0.717) is 27.6 Å². The zero-order valence-corrected chi connectivity index (χ0v) is 19.1. The summed E-state index contributed by atoms with van der Waals surface area (Å²) < 4.78 is 7.09. The molecule has 0 bridgehead atoms. The largest absolute Gasteiger partial charge is 0.494 e. The fraction of sp³-hybridized carbons (Fsp3) is 0.136. The summed E-state index contributed by atoms with van der Waals surface area (Å²) in [4.78, 5) is 17.5. The summed E-state index contributed by atoms with van der Waals surface area (Å²) in [5, 5.41) is 10.7. The molecule has 158 valence electrons. The van der Waals surface area contributed by atoms with E-state index in [1.165, 1.54) is 17.4 Å². The Balaban J connectivity index is 1.60. The third kappa shape index (κ3) is 4.74. The zero-order valence-electron chi connectivity index (χ0n) is 16.7. The highest BCUT2D eigenvalue weighted by Crippen LogP contribution is 2.28. The van der Waals surface area contributed by atoms with E-state index >= 15 is 0 Å². The minimum Gasteiger partial charge on any atom is -0.494 e. The number of carbonyl (C=O) groups is 1. The van der Waals surface area contributed by atoms with E-state index in [0.717, 1.165) is 22.7 Å². The van der Waals surface area contributed by atoms with Crippen molar-refractivity contribution in [1.29, 1.82) is 0 Å². The lowest BCUT2D eigenvalue weighted by atomic mass is 10.2. The summed E-state index contributed by atoms with van der Waals surface area (Å²) in [7, 11) is 0. The standard InChI is InChI=1S/C22H18Cl2N4O2S/c1-3-30-16-7-4-14(5-8-16)19-12-31-22(25-19)28-20(10-13(2)27-28)26-21(29)17-11-15(23)6-9-18(17)24/h4-12H,3H2,1-2H3,(H,26,29). The van der Waals surface area contributed by atoms with E-state index in [1.807, 2.05) is 43.5 Å². The molecule has 0 saturated carbocycles. The number of hydrogen-bond acceptors (Lipinski definition) is 5. The molecule has 0 unspecified atom stereocenters. The summed E-state index contributed by atoms with van der Waals surface area (Å²) in [6, 6.07) is 14.3. The third-order valence-corrected chi connectivity index (χ3v) is 5.76. The fourth-order valence-electron chi connectivity index (χ4n) is 2.97. The number of halogens is 2. The highest BCUT2D eigenvalue weighted by atomic mass is 35.5. The van der Waals surface area contributed by atoms with Crippen molar-refractivity contribution < 1.29 is 9.53 Å². The number of amides is 1. The molecule has 4 rings (SSSR count). The van der Waals surface area contributed by atoms with Gasteiger partial charge >= 0.3 is 0 Å². The number of anilines is 1. The summed E-state index contributed by atoms with van der Waals surface area (Å²) in [6.45, 7) is 4.41. The van der Waals surface area contributed by atoms with Gasteiger partial charge in [-0.3, -0.25) is 4.79 Å². The first kappa shape index (κ1) is 21.4. The maximum atomic E-state index is 12.8. The first-order chi connectivity index (χ1) is 14.9. The van der Waals surface area contributed by atoms with Crippen molar-refractivity contribution in [3.8, 4) is 22.1 Å². The molecule has 0 aliphatic carbocycles. The van der Waals surface area contributed by atoms with E-state index in [2.05, 4.69) is 10.4 Å². The quantitative estimate of drug-likeness (QED) is 0.359. The first-order valence-corrected chi connectivity index (χ1v) is 11.1. The minimum absolute atomic E-state index is 0.286. The Morgan fingerprint density at radius 2 is 1.94 bits per heavy atom. The highest BCUT2D eigenvalue weighted by molar-refractivity contribution is 7.12. The van der Waals surface area contributed by atoms with Gasteiger partial charge in [0.15, 0.2) is 0 Å². The second-order valence-corrected chi connectivity index (χ2v) is 8.31. The molecule has 1 N–H and O–H groups in total. The van der Waals surface area contributed by atoms with Gasteiger partial charge in [-0.05, 0) is 56.3 Å². The molecule has 0 aliphatic heterocycles. The number of nitrogens with zero attached hydrogens (tertiary/aromatic N) is 3. The second kappa shape index (κ2) is 9.09. The summed E-state index contributed by atoms with van der Waals surface area (Å²) in [6.07, 6.45) is 0. The molecule has 2 heterocycles. The maximum absolute atomic E-state index is 12.8. The van der Waals surface area contributed by atoms with Gasteiger partial charge in [-0.25, -0.2) is 4.98 Å².